The fourth-order valence-electron chi connectivity index (χ4n) is 4.23. The molecule has 6 N–H and O–H groups in total. The Labute approximate surface area is 195 Å². The van der Waals surface area contributed by atoms with Crippen molar-refractivity contribution in [3.05, 3.63) is 28.2 Å². The van der Waals surface area contributed by atoms with E-state index >= 15 is 0 Å². The lowest BCUT2D eigenvalue weighted by molar-refractivity contribution is 0.0825. The summed E-state index contributed by atoms with van der Waals surface area (Å²) in [6.07, 6.45) is 9.53. The first kappa shape index (κ1) is 27.8. The van der Waals surface area contributed by atoms with E-state index in [1.54, 1.807) is 37.2 Å². The number of pyridine rings is 1. The zero-order chi connectivity index (χ0) is 21.7. The average Bonchev–Trinajstić information content (AvgIpc) is 3.29. The first-order valence-corrected chi connectivity index (χ1v) is 11.5. The summed E-state index contributed by atoms with van der Waals surface area (Å²) in [6.45, 7) is 1.96. The van der Waals surface area contributed by atoms with Gasteiger partial charge in [0.2, 0.25) is 5.95 Å². The maximum atomic E-state index is 13.2. The molecule has 2 aromatic rings. The van der Waals surface area contributed by atoms with E-state index in [1.807, 2.05) is 0 Å². The number of piperidine rings is 1. The van der Waals surface area contributed by atoms with Crippen molar-refractivity contribution in [2.24, 2.45) is 0 Å². The van der Waals surface area contributed by atoms with Crippen LogP contribution in [-0.4, -0.2) is 75.8 Å². The molecule has 1 amide bonds. The summed E-state index contributed by atoms with van der Waals surface area (Å²) in [5.41, 5.74) is 0.565. The summed E-state index contributed by atoms with van der Waals surface area (Å²) in [5.74, 6) is 0.271. The molecule has 0 radical (unpaired) electrons. The van der Waals surface area contributed by atoms with Gasteiger partial charge in [-0.1, -0.05) is 12.8 Å². The van der Waals surface area contributed by atoms with E-state index in [-0.39, 0.29) is 35.5 Å². The second-order valence-corrected chi connectivity index (χ2v) is 8.01. The molecule has 0 atom stereocenters. The maximum Gasteiger partial charge on any atom is 0.265 e. The number of carbonyl (C=O) groups excluding carboxylic acids is 1. The van der Waals surface area contributed by atoms with Gasteiger partial charge in [-0.3, -0.25) is 14.2 Å². The summed E-state index contributed by atoms with van der Waals surface area (Å²) in [7, 11) is 3.32. The molecule has 0 aromatic carbocycles. The van der Waals surface area contributed by atoms with Crippen molar-refractivity contribution in [3.63, 3.8) is 0 Å². The number of rotatable bonds is 4. The fraction of sp³-hybridized carbons (Fsp3) is 0.619. The molecule has 2 fully saturated rings. The van der Waals surface area contributed by atoms with Crippen LogP contribution in [0.25, 0.3) is 11.0 Å². The Hall–Kier alpha value is -2.21. The summed E-state index contributed by atoms with van der Waals surface area (Å²) in [6, 6.07) is 2.06. The number of amides is 1. The minimum atomic E-state index is -0.282. The van der Waals surface area contributed by atoms with Gasteiger partial charge in [0.25, 0.3) is 11.5 Å². The van der Waals surface area contributed by atoms with Crippen LogP contribution in [0.15, 0.2) is 17.1 Å². The number of hydrogen-bond acceptors (Lipinski definition) is 7. The van der Waals surface area contributed by atoms with E-state index in [0.717, 1.165) is 57.0 Å². The van der Waals surface area contributed by atoms with Crippen LogP contribution in [0.3, 0.4) is 0 Å². The van der Waals surface area contributed by atoms with Crippen LogP contribution >= 0.6 is 12.6 Å². The normalized spacial score (nSPS) is 16.4. The minimum Gasteiger partial charge on any atom is -0.412 e. The third-order valence-electron chi connectivity index (χ3n) is 5.77. The molecular formula is C21H38N6O4S. The van der Waals surface area contributed by atoms with Crippen molar-refractivity contribution in [2.75, 3.05) is 38.8 Å². The lowest BCUT2D eigenvalue weighted by Gasteiger charge is -2.24. The first-order valence-electron chi connectivity index (χ1n) is 10.6. The van der Waals surface area contributed by atoms with E-state index in [0.29, 0.717) is 17.6 Å². The molecule has 1 saturated carbocycles. The predicted octanol–water partition coefficient (Wildman–Crippen LogP) is 0.915. The second-order valence-electron chi connectivity index (χ2n) is 8.01. The number of nitrogens with one attached hydrogen (secondary N) is 2. The molecule has 32 heavy (non-hydrogen) atoms. The zero-order valence-corrected chi connectivity index (χ0v) is 19.9. The van der Waals surface area contributed by atoms with Crippen molar-refractivity contribution in [1.29, 1.82) is 0 Å². The van der Waals surface area contributed by atoms with Crippen molar-refractivity contribution >= 4 is 35.5 Å². The molecule has 3 heterocycles. The summed E-state index contributed by atoms with van der Waals surface area (Å²) < 4.78 is 1.74. The summed E-state index contributed by atoms with van der Waals surface area (Å²) >= 11 is 3.53. The highest BCUT2D eigenvalue weighted by molar-refractivity contribution is 7.79. The molecule has 1 saturated heterocycles. The number of thiol groups is 1. The van der Waals surface area contributed by atoms with E-state index in [4.69, 9.17) is 4.98 Å². The Bertz CT molecular complexity index is 946. The number of anilines is 1. The number of hydrogen-bond donors (Lipinski definition) is 3. The van der Waals surface area contributed by atoms with Crippen LogP contribution in [0, 0.1) is 0 Å². The Morgan fingerprint density at radius 2 is 1.81 bits per heavy atom. The minimum absolute atomic E-state index is 0. The summed E-state index contributed by atoms with van der Waals surface area (Å²) in [4.78, 5) is 36.4. The molecule has 0 unspecified atom stereocenters. The van der Waals surface area contributed by atoms with Gasteiger partial charge in [-0.2, -0.15) is 17.6 Å². The van der Waals surface area contributed by atoms with Crippen molar-refractivity contribution < 1.29 is 17.2 Å². The average molecular weight is 471 g/mol. The molecule has 0 bridgehead atoms. The van der Waals surface area contributed by atoms with Gasteiger partial charge in [-0.25, -0.2) is 4.98 Å². The fourth-order valence-corrected chi connectivity index (χ4v) is 4.23. The van der Waals surface area contributed by atoms with Crippen LogP contribution in [0.1, 0.15) is 56.4 Å². The lowest BCUT2D eigenvalue weighted by Crippen LogP contribution is -2.36. The van der Waals surface area contributed by atoms with E-state index in [1.165, 1.54) is 4.90 Å². The van der Waals surface area contributed by atoms with Gasteiger partial charge in [-0.15, -0.1) is 0 Å². The van der Waals surface area contributed by atoms with Crippen LogP contribution < -0.4 is 16.2 Å². The number of fused-ring (bicyclic) bond motifs is 1. The van der Waals surface area contributed by atoms with Crippen LogP contribution in [-0.2, 0) is 0 Å². The molecule has 4 rings (SSSR count). The van der Waals surface area contributed by atoms with Crippen LogP contribution in [0.2, 0.25) is 0 Å². The van der Waals surface area contributed by atoms with Gasteiger partial charge in [0.15, 0.2) is 0 Å². The van der Waals surface area contributed by atoms with Gasteiger partial charge >= 0.3 is 0 Å². The topological polar surface area (TPSA) is 155 Å². The number of aromatic nitrogens is 3. The lowest BCUT2D eigenvalue weighted by atomic mass is 10.1. The zero-order valence-electron chi connectivity index (χ0n) is 19.0. The first-order chi connectivity index (χ1) is 14.5. The van der Waals surface area contributed by atoms with Crippen molar-refractivity contribution in [2.45, 2.75) is 50.6 Å². The highest BCUT2D eigenvalue weighted by atomic mass is 32.1. The maximum absolute atomic E-state index is 13.2. The quantitative estimate of drug-likeness (QED) is 0.564. The second kappa shape index (κ2) is 12.7. The van der Waals surface area contributed by atoms with Crippen molar-refractivity contribution in [1.82, 2.24) is 24.8 Å². The van der Waals surface area contributed by atoms with Gasteiger partial charge < -0.3 is 26.5 Å². The van der Waals surface area contributed by atoms with Crippen LogP contribution in [0.4, 0.5) is 5.95 Å². The highest BCUT2D eigenvalue weighted by Crippen LogP contribution is 2.31. The van der Waals surface area contributed by atoms with Gasteiger partial charge in [-0.05, 0) is 51.1 Å². The van der Waals surface area contributed by atoms with E-state index in [2.05, 4.69) is 28.2 Å². The Balaban J connectivity index is 0.00000199. The molecule has 0 spiro atoms. The van der Waals surface area contributed by atoms with Crippen LogP contribution in [0.5, 0.6) is 0 Å². The van der Waals surface area contributed by atoms with Crippen molar-refractivity contribution in [3.8, 4) is 0 Å². The standard InChI is InChI=1S/C20H28N6O2.CH4S.2H2O.H2/c1-25(2)18(27)16-11-13-12-22-20(23-14-7-9-21-10-8-14)24-17(13)26(19(16)28)15-5-3-4-6-15;1-2;;;/h11-12,14-15,21H,3-10H2,1-2H3,(H,22,23,24);2H,1H3;2*1H2;1H. The Morgan fingerprint density at radius 1 is 1.19 bits per heavy atom. The predicted molar refractivity (Wildman–Crippen MR) is 133 cm³/mol. The van der Waals surface area contributed by atoms with E-state index < -0.39 is 0 Å². The summed E-state index contributed by atoms with van der Waals surface area (Å²) in [5, 5.41) is 7.49. The molecule has 2 aliphatic rings. The largest absolute Gasteiger partial charge is 0.412 e. The molecular weight excluding hydrogens is 432 g/mol. The number of nitrogens with zero attached hydrogens (tertiary/aromatic N) is 4. The molecule has 1 aliphatic heterocycles. The van der Waals surface area contributed by atoms with Gasteiger partial charge in [0.05, 0.1) is 0 Å². The molecule has 182 valence electrons. The highest BCUT2D eigenvalue weighted by Gasteiger charge is 2.25. The van der Waals surface area contributed by atoms with Gasteiger partial charge in [0, 0.05) is 39.2 Å². The van der Waals surface area contributed by atoms with E-state index in [9.17, 15) is 9.59 Å². The molecule has 1 aliphatic carbocycles. The third-order valence-corrected chi connectivity index (χ3v) is 5.77. The smallest absolute Gasteiger partial charge is 0.265 e. The Kier molecular flexibility index (Phi) is 11.1. The molecule has 10 nitrogen and oxygen atoms in total. The Morgan fingerprint density at radius 3 is 2.41 bits per heavy atom. The SMILES string of the molecule is CN(C)C(=O)c1cc2cnc(NC3CCNCC3)nc2n(C2CCCC2)c1=O.CS.O.O.[HH]. The van der Waals surface area contributed by atoms with Gasteiger partial charge in [0.1, 0.15) is 11.2 Å². The molecule has 11 heteroatoms. The third kappa shape index (κ3) is 5.97. The number of carbonyl (C=O) groups is 1. The monoisotopic (exact) mass is 470 g/mol. The molecule has 2 aromatic heterocycles.